The number of hydrogen-bond donors (Lipinski definition) is 2. The van der Waals surface area contributed by atoms with Crippen molar-refractivity contribution >= 4 is 29.3 Å². The van der Waals surface area contributed by atoms with Crippen LogP contribution in [-0.4, -0.2) is 44.6 Å². The molecule has 4 rings (SSSR count). The van der Waals surface area contributed by atoms with Crippen LogP contribution in [0.15, 0.2) is 48.5 Å². The maximum atomic E-state index is 12.7. The topological polar surface area (TPSA) is 114 Å². The molecule has 1 heterocycles. The SMILES string of the molecule is O=C(O)CCC(=O)c1ccc(Cc2nc(NC3(c4ccc(Cl)cc4)CC3)nc(OCC(F)(F)F)n2)cc1. The van der Waals surface area contributed by atoms with Crippen molar-refractivity contribution in [2.75, 3.05) is 11.9 Å². The quantitative estimate of drug-likeness (QED) is 0.322. The predicted octanol–water partition coefficient (Wildman–Crippen LogP) is 5.21. The summed E-state index contributed by atoms with van der Waals surface area (Å²) in [5, 5.41) is 12.5. The molecule has 0 atom stereocenters. The number of rotatable bonds is 11. The van der Waals surface area contributed by atoms with E-state index in [0.29, 0.717) is 16.1 Å². The van der Waals surface area contributed by atoms with Crippen LogP contribution in [0.4, 0.5) is 19.1 Å². The molecule has 0 saturated heterocycles. The molecule has 8 nitrogen and oxygen atoms in total. The van der Waals surface area contributed by atoms with E-state index in [4.69, 9.17) is 21.4 Å². The number of carboxylic acid groups (broad SMARTS) is 1. The molecule has 1 saturated carbocycles. The van der Waals surface area contributed by atoms with E-state index in [-0.39, 0.29) is 36.8 Å². The first-order valence-corrected chi connectivity index (χ1v) is 11.7. The molecule has 0 spiro atoms. The fraction of sp³-hybridized carbons (Fsp3) is 0.320. The summed E-state index contributed by atoms with van der Waals surface area (Å²) in [6, 6.07) is 13.2. The van der Waals surface area contributed by atoms with Gasteiger partial charge in [0, 0.05) is 23.4 Å². The summed E-state index contributed by atoms with van der Waals surface area (Å²) < 4.78 is 43.0. The minimum atomic E-state index is -4.57. The van der Waals surface area contributed by atoms with Crippen LogP contribution in [0, 0.1) is 0 Å². The van der Waals surface area contributed by atoms with Crippen LogP contribution in [-0.2, 0) is 16.8 Å². The number of Topliss-reactive ketones (excluding diaryl/α,β-unsaturated/α-hetero) is 1. The zero-order valence-corrected chi connectivity index (χ0v) is 20.1. The Morgan fingerprint density at radius 3 is 2.27 bits per heavy atom. The van der Waals surface area contributed by atoms with Crippen molar-refractivity contribution in [2.45, 2.75) is 43.8 Å². The molecule has 0 radical (unpaired) electrons. The Balaban J connectivity index is 1.54. The highest BCUT2D eigenvalue weighted by atomic mass is 35.5. The second-order valence-corrected chi connectivity index (χ2v) is 9.10. The van der Waals surface area contributed by atoms with Gasteiger partial charge in [0.2, 0.25) is 5.95 Å². The van der Waals surface area contributed by atoms with Gasteiger partial charge in [-0.3, -0.25) is 9.59 Å². The standard InChI is InChI=1S/C25H22ClF3N4O4/c26-18-7-5-17(6-8-18)24(11-12-24)33-22-30-20(31-23(32-22)37-14-25(27,28)29)13-15-1-3-16(4-2-15)19(34)9-10-21(35)36/h1-8H,9-14H2,(H,35,36)(H,30,31,32,33). The molecule has 37 heavy (non-hydrogen) atoms. The lowest BCUT2D eigenvalue weighted by Crippen LogP contribution is -2.23. The lowest BCUT2D eigenvalue weighted by molar-refractivity contribution is -0.154. The molecule has 12 heteroatoms. The van der Waals surface area contributed by atoms with Crippen molar-refractivity contribution in [2.24, 2.45) is 0 Å². The highest BCUT2D eigenvalue weighted by molar-refractivity contribution is 6.30. The van der Waals surface area contributed by atoms with Gasteiger partial charge in [0.25, 0.3) is 0 Å². The summed E-state index contributed by atoms with van der Waals surface area (Å²) in [4.78, 5) is 35.3. The fourth-order valence-electron chi connectivity index (χ4n) is 3.69. The Labute approximate surface area is 214 Å². The Morgan fingerprint density at radius 2 is 1.68 bits per heavy atom. The Bertz CT molecular complexity index is 1280. The molecule has 2 N–H and O–H groups in total. The Hall–Kier alpha value is -3.73. The van der Waals surface area contributed by atoms with Crippen LogP contribution in [0.5, 0.6) is 6.01 Å². The van der Waals surface area contributed by atoms with Crippen molar-refractivity contribution in [3.05, 3.63) is 76.1 Å². The zero-order chi connectivity index (χ0) is 26.6. The van der Waals surface area contributed by atoms with E-state index in [0.717, 1.165) is 18.4 Å². The number of nitrogens with one attached hydrogen (secondary N) is 1. The van der Waals surface area contributed by atoms with E-state index in [9.17, 15) is 22.8 Å². The average molecular weight is 535 g/mol. The number of ketones is 1. The number of halogens is 4. The van der Waals surface area contributed by atoms with Crippen LogP contribution in [0.2, 0.25) is 5.02 Å². The van der Waals surface area contributed by atoms with Crippen molar-refractivity contribution in [1.82, 2.24) is 15.0 Å². The van der Waals surface area contributed by atoms with Gasteiger partial charge >= 0.3 is 18.2 Å². The van der Waals surface area contributed by atoms with E-state index in [1.165, 1.54) is 0 Å². The monoisotopic (exact) mass is 534 g/mol. The van der Waals surface area contributed by atoms with Gasteiger partial charge in [-0.05, 0) is 36.1 Å². The molecule has 194 valence electrons. The molecule has 1 aliphatic carbocycles. The molecule has 1 fully saturated rings. The number of nitrogens with zero attached hydrogens (tertiary/aromatic N) is 3. The summed E-state index contributed by atoms with van der Waals surface area (Å²) >= 11 is 5.98. The summed E-state index contributed by atoms with van der Waals surface area (Å²) in [6.07, 6.45) is -3.27. The van der Waals surface area contributed by atoms with Crippen LogP contribution in [0.25, 0.3) is 0 Å². The van der Waals surface area contributed by atoms with Crippen molar-refractivity contribution in [1.29, 1.82) is 0 Å². The number of hydrogen-bond acceptors (Lipinski definition) is 7. The van der Waals surface area contributed by atoms with E-state index < -0.39 is 30.3 Å². The number of carbonyl (C=O) groups excluding carboxylic acids is 1. The van der Waals surface area contributed by atoms with Crippen molar-refractivity contribution in [3.8, 4) is 6.01 Å². The first kappa shape index (κ1) is 26.3. The summed E-state index contributed by atoms with van der Waals surface area (Å²) in [6.45, 7) is -1.55. The number of carboxylic acids is 1. The number of aliphatic carboxylic acids is 1. The minimum absolute atomic E-state index is 0.0788. The second-order valence-electron chi connectivity index (χ2n) is 8.67. The molecule has 2 aromatic carbocycles. The normalized spacial score (nSPS) is 14.2. The van der Waals surface area contributed by atoms with Crippen molar-refractivity contribution in [3.63, 3.8) is 0 Å². The Kier molecular flexibility index (Phi) is 7.63. The van der Waals surface area contributed by atoms with E-state index in [2.05, 4.69) is 20.3 Å². The molecule has 0 amide bonds. The lowest BCUT2D eigenvalue weighted by Gasteiger charge is -2.19. The average Bonchev–Trinajstić information content (AvgIpc) is 3.62. The lowest BCUT2D eigenvalue weighted by atomic mass is 10.0. The van der Waals surface area contributed by atoms with Gasteiger partial charge in [-0.25, -0.2) is 0 Å². The van der Waals surface area contributed by atoms with Crippen LogP contribution < -0.4 is 10.1 Å². The largest absolute Gasteiger partial charge is 0.481 e. The Morgan fingerprint density at radius 1 is 1.00 bits per heavy atom. The van der Waals surface area contributed by atoms with Gasteiger partial charge in [0.1, 0.15) is 5.82 Å². The molecule has 0 unspecified atom stereocenters. The number of ether oxygens (including phenoxy) is 1. The summed E-state index contributed by atoms with van der Waals surface area (Å²) in [7, 11) is 0. The molecule has 1 aliphatic rings. The van der Waals surface area contributed by atoms with Gasteiger partial charge in [-0.1, -0.05) is 48.0 Å². The van der Waals surface area contributed by atoms with E-state index in [1.807, 2.05) is 12.1 Å². The second kappa shape index (κ2) is 10.7. The molecule has 3 aromatic rings. The fourth-order valence-corrected chi connectivity index (χ4v) is 3.82. The first-order chi connectivity index (χ1) is 17.5. The first-order valence-electron chi connectivity index (χ1n) is 11.3. The predicted molar refractivity (Wildman–Crippen MR) is 128 cm³/mol. The third kappa shape index (κ3) is 7.39. The molecule has 0 aliphatic heterocycles. The van der Waals surface area contributed by atoms with Crippen molar-refractivity contribution < 1.29 is 32.6 Å². The minimum Gasteiger partial charge on any atom is -0.481 e. The molecule has 1 aromatic heterocycles. The van der Waals surface area contributed by atoms with Gasteiger partial charge in [-0.15, -0.1) is 0 Å². The summed E-state index contributed by atoms with van der Waals surface area (Å²) in [5.41, 5.74) is 1.52. The van der Waals surface area contributed by atoms with Crippen LogP contribution in [0.3, 0.4) is 0 Å². The van der Waals surface area contributed by atoms with E-state index in [1.54, 1.807) is 36.4 Å². The third-order valence-corrected chi connectivity index (χ3v) is 5.98. The summed E-state index contributed by atoms with van der Waals surface area (Å²) in [5.74, 6) is -1.11. The number of carbonyl (C=O) groups is 2. The highest BCUT2D eigenvalue weighted by Gasteiger charge is 2.45. The number of anilines is 1. The zero-order valence-electron chi connectivity index (χ0n) is 19.4. The van der Waals surface area contributed by atoms with E-state index >= 15 is 0 Å². The number of benzene rings is 2. The van der Waals surface area contributed by atoms with Crippen LogP contribution in [0.1, 0.15) is 53.0 Å². The third-order valence-electron chi connectivity index (χ3n) is 5.73. The number of alkyl halides is 3. The maximum Gasteiger partial charge on any atom is 0.422 e. The maximum absolute atomic E-state index is 12.7. The van der Waals surface area contributed by atoms with Gasteiger partial charge < -0.3 is 15.2 Å². The molecular weight excluding hydrogens is 513 g/mol. The number of aromatic nitrogens is 3. The van der Waals surface area contributed by atoms with Gasteiger partial charge in [0.05, 0.1) is 12.0 Å². The van der Waals surface area contributed by atoms with Gasteiger partial charge in [-0.2, -0.15) is 28.1 Å². The van der Waals surface area contributed by atoms with Crippen LogP contribution >= 0.6 is 11.6 Å². The smallest absolute Gasteiger partial charge is 0.422 e. The molecule has 0 bridgehead atoms. The highest BCUT2D eigenvalue weighted by Crippen LogP contribution is 2.48. The van der Waals surface area contributed by atoms with Gasteiger partial charge in [0.15, 0.2) is 12.4 Å². The molecular formula is C25H22ClF3N4O4.